The number of H-pyrrole nitrogens is 1. The Bertz CT molecular complexity index is 1790. The van der Waals surface area contributed by atoms with Crippen LogP contribution in [0.3, 0.4) is 0 Å². The van der Waals surface area contributed by atoms with Crippen LogP contribution in [-0.4, -0.2) is 116 Å². The number of methoxy groups -OCH3 is 1. The Balaban J connectivity index is 1.10. The third kappa shape index (κ3) is 4.96. The van der Waals surface area contributed by atoms with Crippen molar-refractivity contribution in [1.82, 2.24) is 45.0 Å². The van der Waals surface area contributed by atoms with E-state index in [0.717, 1.165) is 24.6 Å². The summed E-state index contributed by atoms with van der Waals surface area (Å²) in [6, 6.07) is 9.59. The number of rotatable bonds is 7. The van der Waals surface area contributed by atoms with Crippen molar-refractivity contribution in [3.8, 4) is 22.8 Å². The van der Waals surface area contributed by atoms with Crippen LogP contribution in [0.1, 0.15) is 10.4 Å². The summed E-state index contributed by atoms with van der Waals surface area (Å²) in [5, 5.41) is 12.6. The lowest BCUT2D eigenvalue weighted by atomic mass is 10.1. The summed E-state index contributed by atoms with van der Waals surface area (Å²) in [6.45, 7) is 4.40. The van der Waals surface area contributed by atoms with Gasteiger partial charge in [-0.15, -0.1) is 0 Å². The molecule has 15 heteroatoms. The van der Waals surface area contributed by atoms with Gasteiger partial charge in [0.1, 0.15) is 23.0 Å². The fourth-order valence-electron chi connectivity index (χ4n) is 5.53. The number of nitrogens with zero attached hydrogens (tertiary/aromatic N) is 10. The van der Waals surface area contributed by atoms with Gasteiger partial charge in [-0.1, -0.05) is 23.3 Å². The predicted molar refractivity (Wildman–Crippen MR) is 159 cm³/mol. The van der Waals surface area contributed by atoms with Gasteiger partial charge >= 0.3 is 0 Å². The molecule has 2 saturated heterocycles. The van der Waals surface area contributed by atoms with E-state index in [1.54, 1.807) is 22.0 Å². The third-order valence-corrected chi connectivity index (χ3v) is 7.85. The molecule has 2 aliphatic rings. The highest BCUT2D eigenvalue weighted by molar-refractivity contribution is 6.45. The lowest BCUT2D eigenvalue weighted by Crippen LogP contribution is -2.51. The van der Waals surface area contributed by atoms with Gasteiger partial charge in [-0.2, -0.15) is 4.68 Å². The average molecular weight is 596 g/mol. The second-order valence-electron chi connectivity index (χ2n) is 10.3. The van der Waals surface area contributed by atoms with Gasteiger partial charge in [-0.25, -0.2) is 15.0 Å². The molecule has 0 saturated carbocycles. The van der Waals surface area contributed by atoms with Crippen LogP contribution in [0, 0.1) is 0 Å². The van der Waals surface area contributed by atoms with E-state index in [-0.39, 0.29) is 5.56 Å². The van der Waals surface area contributed by atoms with Gasteiger partial charge in [-0.3, -0.25) is 9.59 Å². The van der Waals surface area contributed by atoms with E-state index in [1.807, 2.05) is 35.2 Å². The van der Waals surface area contributed by atoms with Gasteiger partial charge in [0.05, 0.1) is 61.1 Å². The number of nitrogens with one attached hydrogen (secondary N) is 1. The summed E-state index contributed by atoms with van der Waals surface area (Å²) in [5.41, 5.74) is 2.60. The lowest BCUT2D eigenvalue weighted by molar-refractivity contribution is -0.126. The number of aromatic nitrogens is 8. The number of fused-ring (bicyclic) bond motifs is 1. The Morgan fingerprint density at radius 1 is 0.909 bits per heavy atom. The molecule has 7 rings (SSSR count). The van der Waals surface area contributed by atoms with E-state index in [2.05, 4.69) is 40.4 Å². The third-order valence-electron chi connectivity index (χ3n) is 7.85. The molecular weight excluding hydrogens is 566 g/mol. The van der Waals surface area contributed by atoms with Gasteiger partial charge in [0.25, 0.3) is 11.7 Å². The van der Waals surface area contributed by atoms with Crippen molar-refractivity contribution in [2.24, 2.45) is 0 Å². The molecule has 6 heterocycles. The summed E-state index contributed by atoms with van der Waals surface area (Å²) in [5.74, 6) is 0.478. The van der Waals surface area contributed by atoms with Crippen molar-refractivity contribution in [3.05, 3.63) is 60.7 Å². The van der Waals surface area contributed by atoms with Gasteiger partial charge in [0.15, 0.2) is 0 Å². The Morgan fingerprint density at radius 3 is 2.43 bits per heavy atom. The molecular formula is C29H29N11O4. The maximum Gasteiger partial charge on any atom is 0.295 e. The largest absolute Gasteiger partial charge is 0.494 e. The van der Waals surface area contributed by atoms with Crippen LogP contribution < -0.4 is 14.5 Å². The molecule has 2 aliphatic heterocycles. The topological polar surface area (TPSA) is 160 Å². The van der Waals surface area contributed by atoms with E-state index >= 15 is 0 Å². The molecule has 15 nitrogen and oxygen atoms in total. The fourth-order valence-corrected chi connectivity index (χ4v) is 5.53. The minimum absolute atomic E-state index is 0.207. The average Bonchev–Trinajstić information content (AvgIpc) is 3.77. The second kappa shape index (κ2) is 11.7. The number of Topliss-reactive ketones (excluding diaryl/α,β-unsaturated/α-hetero) is 1. The minimum Gasteiger partial charge on any atom is -0.494 e. The van der Waals surface area contributed by atoms with Gasteiger partial charge in [0, 0.05) is 45.5 Å². The molecule has 4 aromatic heterocycles. The summed E-state index contributed by atoms with van der Waals surface area (Å²) in [7, 11) is 1.50. The van der Waals surface area contributed by atoms with Crippen molar-refractivity contribution >= 4 is 34.4 Å². The number of pyridine rings is 1. The van der Waals surface area contributed by atoms with E-state index < -0.39 is 11.7 Å². The SMILES string of the molecule is COc1cnc(-c2cnc(N3CCOCC3)cn2)c2[nH]cc(C(=O)C(=O)N3CCN(c4nnnn4-c4ccccc4)CC3)c12. The fraction of sp³-hybridized carbons (Fsp3) is 0.310. The quantitative estimate of drug-likeness (QED) is 0.213. The van der Waals surface area contributed by atoms with Crippen molar-refractivity contribution in [2.45, 2.75) is 0 Å². The number of ketones is 1. The van der Waals surface area contributed by atoms with E-state index in [1.165, 1.54) is 19.5 Å². The first-order valence-corrected chi connectivity index (χ1v) is 14.2. The number of para-hydroxylation sites is 1. The van der Waals surface area contributed by atoms with E-state index in [0.29, 0.717) is 73.4 Å². The standard InChI is InChI=1S/C29H29N11O4/c1-43-22-17-33-25(21-16-31-23(18-30-21)37-11-13-44-14-12-37)26-24(22)20(15-32-26)27(41)28(42)38-7-9-39(10-8-38)29-34-35-36-40(29)19-5-3-2-4-6-19/h2-6,15-18,32H,7-14H2,1H3. The molecule has 0 aliphatic carbocycles. The number of hydrogen-bond donors (Lipinski definition) is 1. The summed E-state index contributed by atoms with van der Waals surface area (Å²) < 4.78 is 12.6. The van der Waals surface area contributed by atoms with Gasteiger partial charge in [-0.05, 0) is 22.6 Å². The first kappa shape index (κ1) is 27.4. The molecule has 5 aromatic rings. The molecule has 0 radical (unpaired) electrons. The Kier molecular flexibility index (Phi) is 7.27. The number of carbonyl (C=O) groups is 2. The monoisotopic (exact) mass is 595 g/mol. The number of carbonyl (C=O) groups excluding carboxylic acids is 2. The number of morpholine rings is 1. The molecule has 0 atom stereocenters. The van der Waals surface area contributed by atoms with Crippen LogP contribution in [-0.2, 0) is 9.53 Å². The molecule has 1 aromatic carbocycles. The van der Waals surface area contributed by atoms with Crippen LogP contribution in [0.2, 0.25) is 0 Å². The number of aromatic amines is 1. The number of tetrazole rings is 1. The normalized spacial score (nSPS) is 15.5. The highest BCUT2D eigenvalue weighted by Crippen LogP contribution is 2.34. The number of amides is 1. The number of hydrogen-bond acceptors (Lipinski definition) is 12. The zero-order chi connectivity index (χ0) is 30.0. The molecule has 1 N–H and O–H groups in total. The van der Waals surface area contributed by atoms with Crippen LogP contribution in [0.25, 0.3) is 28.0 Å². The molecule has 224 valence electrons. The number of benzene rings is 1. The Hall–Kier alpha value is -5.44. The summed E-state index contributed by atoms with van der Waals surface area (Å²) in [4.78, 5) is 49.6. The first-order chi connectivity index (χ1) is 21.6. The highest BCUT2D eigenvalue weighted by atomic mass is 16.5. The van der Waals surface area contributed by atoms with E-state index in [4.69, 9.17) is 9.47 Å². The summed E-state index contributed by atoms with van der Waals surface area (Å²) in [6.07, 6.45) is 6.41. The van der Waals surface area contributed by atoms with E-state index in [9.17, 15) is 9.59 Å². The van der Waals surface area contributed by atoms with Crippen LogP contribution in [0.4, 0.5) is 11.8 Å². The van der Waals surface area contributed by atoms with Crippen molar-refractivity contribution < 1.29 is 19.1 Å². The number of piperazine rings is 1. The van der Waals surface area contributed by atoms with Crippen molar-refractivity contribution in [1.29, 1.82) is 0 Å². The Morgan fingerprint density at radius 2 is 1.70 bits per heavy atom. The van der Waals surface area contributed by atoms with Gasteiger partial charge in [0.2, 0.25) is 5.95 Å². The zero-order valence-electron chi connectivity index (χ0n) is 24.0. The highest BCUT2D eigenvalue weighted by Gasteiger charge is 2.31. The maximum atomic E-state index is 13.6. The maximum absolute atomic E-state index is 13.6. The number of anilines is 2. The summed E-state index contributed by atoms with van der Waals surface area (Å²) >= 11 is 0. The van der Waals surface area contributed by atoms with Crippen molar-refractivity contribution in [2.75, 3.05) is 69.4 Å². The molecule has 0 unspecified atom stereocenters. The van der Waals surface area contributed by atoms with Crippen molar-refractivity contribution in [3.63, 3.8) is 0 Å². The van der Waals surface area contributed by atoms with Gasteiger partial charge < -0.3 is 29.2 Å². The Labute approximate surface area is 251 Å². The predicted octanol–water partition coefficient (Wildman–Crippen LogP) is 1.37. The van der Waals surface area contributed by atoms with Crippen LogP contribution >= 0.6 is 0 Å². The lowest BCUT2D eigenvalue weighted by Gasteiger charge is -2.34. The molecule has 44 heavy (non-hydrogen) atoms. The molecule has 1 amide bonds. The van der Waals surface area contributed by atoms with Crippen LogP contribution in [0.5, 0.6) is 5.75 Å². The first-order valence-electron chi connectivity index (χ1n) is 14.2. The minimum atomic E-state index is -0.636. The zero-order valence-corrected chi connectivity index (χ0v) is 24.0. The van der Waals surface area contributed by atoms with Crippen LogP contribution in [0.15, 0.2) is 55.1 Å². The second-order valence-corrected chi connectivity index (χ2v) is 10.3. The smallest absolute Gasteiger partial charge is 0.295 e. The molecule has 0 spiro atoms. The molecule has 0 bridgehead atoms. The molecule has 2 fully saturated rings. The number of ether oxygens (including phenoxy) is 2.